The Labute approximate surface area is 272 Å². The third-order valence-corrected chi connectivity index (χ3v) is 8.37. The van der Waals surface area contributed by atoms with E-state index in [9.17, 15) is 4.79 Å². The second-order valence-corrected chi connectivity index (χ2v) is 11.5. The van der Waals surface area contributed by atoms with Gasteiger partial charge in [0.05, 0.1) is 44.8 Å². The molecule has 0 amide bonds. The highest BCUT2D eigenvalue weighted by molar-refractivity contribution is 5.95. The van der Waals surface area contributed by atoms with Crippen LogP contribution < -0.4 is 0 Å². The van der Waals surface area contributed by atoms with E-state index < -0.39 is 0 Å². The standard InChI is InChI=1S/C42H28N4O/c1-27(47)28-17-19-32(20-18-28)42-40(30-13-7-3-8-14-30)44-36-24-22-34(26-38(36)46-42)33-21-23-35-37(25-33)45-41(31-15-9-4-10-16-31)39(43-35)29-11-5-2-6-12-29/h2-26H,1H3. The Balaban J connectivity index is 1.26. The molecule has 2 heterocycles. The molecule has 0 saturated carbocycles. The molecule has 6 aromatic carbocycles. The Morgan fingerprint density at radius 2 is 0.681 bits per heavy atom. The van der Waals surface area contributed by atoms with Gasteiger partial charge in [-0.2, -0.15) is 0 Å². The average Bonchev–Trinajstić information content (AvgIpc) is 3.14. The summed E-state index contributed by atoms with van der Waals surface area (Å²) in [6, 6.07) is 50.5. The molecule has 0 fully saturated rings. The van der Waals surface area contributed by atoms with Crippen LogP contribution in [0, 0.1) is 0 Å². The van der Waals surface area contributed by atoms with Gasteiger partial charge in [0, 0.05) is 27.8 Å². The second-order valence-electron chi connectivity index (χ2n) is 11.5. The van der Waals surface area contributed by atoms with Gasteiger partial charge in [0.15, 0.2) is 5.78 Å². The molecule has 0 atom stereocenters. The highest BCUT2D eigenvalue weighted by Gasteiger charge is 2.16. The second kappa shape index (κ2) is 11.9. The number of Topliss-reactive ketones (excluding diaryl/α,β-unsaturated/α-hetero) is 1. The topological polar surface area (TPSA) is 68.6 Å². The van der Waals surface area contributed by atoms with Gasteiger partial charge >= 0.3 is 0 Å². The molecule has 0 radical (unpaired) electrons. The van der Waals surface area contributed by atoms with E-state index in [0.29, 0.717) is 5.56 Å². The Kier molecular flexibility index (Phi) is 7.12. The van der Waals surface area contributed by atoms with Crippen LogP contribution in [0.4, 0.5) is 0 Å². The van der Waals surface area contributed by atoms with Gasteiger partial charge in [-0.1, -0.05) is 127 Å². The molecule has 47 heavy (non-hydrogen) atoms. The molecule has 0 spiro atoms. The molecule has 0 saturated heterocycles. The van der Waals surface area contributed by atoms with Crippen molar-refractivity contribution in [3.8, 4) is 56.2 Å². The van der Waals surface area contributed by atoms with Crippen LogP contribution in [-0.2, 0) is 0 Å². The third kappa shape index (κ3) is 5.45. The molecule has 0 N–H and O–H groups in total. The fraction of sp³-hybridized carbons (Fsp3) is 0.0238. The highest BCUT2D eigenvalue weighted by Crippen LogP contribution is 2.35. The van der Waals surface area contributed by atoms with E-state index in [0.717, 1.165) is 78.2 Å². The van der Waals surface area contributed by atoms with Gasteiger partial charge < -0.3 is 0 Å². The number of benzene rings is 6. The Morgan fingerprint density at radius 3 is 1.04 bits per heavy atom. The van der Waals surface area contributed by atoms with Crippen LogP contribution in [0.15, 0.2) is 152 Å². The van der Waals surface area contributed by atoms with Crippen LogP contribution in [0.2, 0.25) is 0 Å². The summed E-state index contributed by atoms with van der Waals surface area (Å²) in [5.74, 6) is 0.0290. The summed E-state index contributed by atoms with van der Waals surface area (Å²) in [7, 11) is 0. The van der Waals surface area contributed by atoms with Gasteiger partial charge in [0.2, 0.25) is 0 Å². The molecule has 0 aliphatic carbocycles. The van der Waals surface area contributed by atoms with E-state index >= 15 is 0 Å². The minimum atomic E-state index is 0.0290. The summed E-state index contributed by atoms with van der Waals surface area (Å²) in [5.41, 5.74) is 13.1. The lowest BCUT2D eigenvalue weighted by molar-refractivity contribution is 0.101. The van der Waals surface area contributed by atoms with E-state index in [2.05, 4.69) is 48.5 Å². The smallest absolute Gasteiger partial charge is 0.159 e. The quantitative estimate of drug-likeness (QED) is 0.177. The van der Waals surface area contributed by atoms with Crippen molar-refractivity contribution in [2.24, 2.45) is 0 Å². The van der Waals surface area contributed by atoms with Crippen LogP contribution in [-0.4, -0.2) is 25.7 Å². The summed E-state index contributed by atoms with van der Waals surface area (Å²) in [5, 5.41) is 0. The first-order valence-corrected chi connectivity index (χ1v) is 15.5. The van der Waals surface area contributed by atoms with E-state index in [1.165, 1.54) is 0 Å². The van der Waals surface area contributed by atoms with Gasteiger partial charge in [-0.05, 0) is 42.3 Å². The van der Waals surface area contributed by atoms with Gasteiger partial charge in [-0.3, -0.25) is 4.79 Å². The molecule has 5 heteroatoms. The normalized spacial score (nSPS) is 11.2. The molecule has 0 aliphatic rings. The molecule has 0 bridgehead atoms. The fourth-order valence-electron chi connectivity index (χ4n) is 5.92. The maximum absolute atomic E-state index is 11.9. The molecular weight excluding hydrogens is 576 g/mol. The molecule has 0 aliphatic heterocycles. The predicted octanol–water partition coefficient (Wildman–Crippen LogP) is 10.1. The number of carbonyl (C=O) groups is 1. The van der Waals surface area contributed by atoms with Gasteiger partial charge in [0.1, 0.15) is 0 Å². The lowest BCUT2D eigenvalue weighted by Crippen LogP contribution is -1.97. The number of hydrogen-bond acceptors (Lipinski definition) is 5. The number of rotatable bonds is 6. The highest BCUT2D eigenvalue weighted by atomic mass is 16.1. The van der Waals surface area contributed by atoms with E-state index in [4.69, 9.17) is 19.9 Å². The Morgan fingerprint density at radius 1 is 0.362 bits per heavy atom. The molecule has 0 unspecified atom stereocenters. The van der Waals surface area contributed by atoms with Crippen LogP contribution in [0.1, 0.15) is 17.3 Å². The van der Waals surface area contributed by atoms with Crippen molar-refractivity contribution >= 4 is 27.9 Å². The van der Waals surface area contributed by atoms with Gasteiger partial charge in [-0.15, -0.1) is 0 Å². The van der Waals surface area contributed by atoms with Crippen LogP contribution in [0.3, 0.4) is 0 Å². The number of carbonyl (C=O) groups excluding carboxylic acids is 1. The lowest BCUT2D eigenvalue weighted by Gasteiger charge is -2.13. The Hall–Kier alpha value is -6.33. The maximum Gasteiger partial charge on any atom is 0.159 e. The van der Waals surface area contributed by atoms with Crippen molar-refractivity contribution in [1.29, 1.82) is 0 Å². The van der Waals surface area contributed by atoms with Crippen molar-refractivity contribution in [1.82, 2.24) is 19.9 Å². The van der Waals surface area contributed by atoms with Crippen molar-refractivity contribution < 1.29 is 4.79 Å². The largest absolute Gasteiger partial charge is 0.295 e. The number of fused-ring (bicyclic) bond motifs is 2. The summed E-state index contributed by atoms with van der Waals surface area (Å²) in [6.45, 7) is 1.57. The average molecular weight is 605 g/mol. The number of aromatic nitrogens is 4. The zero-order valence-electron chi connectivity index (χ0n) is 25.6. The molecule has 2 aromatic heterocycles. The van der Waals surface area contributed by atoms with E-state index in [1.807, 2.05) is 103 Å². The van der Waals surface area contributed by atoms with E-state index in [-0.39, 0.29) is 5.78 Å². The monoisotopic (exact) mass is 604 g/mol. The minimum Gasteiger partial charge on any atom is -0.295 e. The number of hydrogen-bond donors (Lipinski definition) is 0. The zero-order chi connectivity index (χ0) is 31.7. The van der Waals surface area contributed by atoms with Crippen molar-refractivity contribution in [2.45, 2.75) is 6.92 Å². The first-order valence-electron chi connectivity index (χ1n) is 15.5. The number of ketones is 1. The van der Waals surface area contributed by atoms with Crippen LogP contribution >= 0.6 is 0 Å². The van der Waals surface area contributed by atoms with Crippen molar-refractivity contribution in [3.05, 3.63) is 157 Å². The first kappa shape index (κ1) is 28.2. The SMILES string of the molecule is CC(=O)c1ccc(-c2nc3cc(-c4ccc5nc(-c6ccccc6)c(-c6ccccc6)nc5c4)ccc3nc2-c2ccccc2)cc1. The molecular formula is C42H28N4O. The molecule has 8 rings (SSSR count). The summed E-state index contributed by atoms with van der Waals surface area (Å²) >= 11 is 0. The van der Waals surface area contributed by atoms with Crippen LogP contribution in [0.5, 0.6) is 0 Å². The summed E-state index contributed by atoms with van der Waals surface area (Å²) < 4.78 is 0. The van der Waals surface area contributed by atoms with Crippen LogP contribution in [0.25, 0.3) is 78.2 Å². The molecule has 8 aromatic rings. The van der Waals surface area contributed by atoms with Gasteiger partial charge in [-0.25, -0.2) is 19.9 Å². The predicted molar refractivity (Wildman–Crippen MR) is 190 cm³/mol. The third-order valence-electron chi connectivity index (χ3n) is 8.37. The number of nitrogens with zero attached hydrogens (tertiary/aromatic N) is 4. The minimum absolute atomic E-state index is 0.0290. The van der Waals surface area contributed by atoms with Gasteiger partial charge in [0.25, 0.3) is 0 Å². The fourth-order valence-corrected chi connectivity index (χ4v) is 5.92. The summed E-state index contributed by atoms with van der Waals surface area (Å²) in [6.07, 6.45) is 0. The molecule has 5 nitrogen and oxygen atoms in total. The lowest BCUT2D eigenvalue weighted by atomic mass is 10.00. The maximum atomic E-state index is 11.9. The van der Waals surface area contributed by atoms with Crippen molar-refractivity contribution in [3.63, 3.8) is 0 Å². The zero-order valence-corrected chi connectivity index (χ0v) is 25.6. The summed E-state index contributed by atoms with van der Waals surface area (Å²) in [4.78, 5) is 32.5. The first-order chi connectivity index (χ1) is 23.1. The molecule has 222 valence electrons. The Bertz CT molecular complexity index is 2410. The van der Waals surface area contributed by atoms with E-state index in [1.54, 1.807) is 6.92 Å². The van der Waals surface area contributed by atoms with Crippen molar-refractivity contribution in [2.75, 3.05) is 0 Å².